The maximum absolute atomic E-state index is 12.4. The predicted molar refractivity (Wildman–Crippen MR) is 107 cm³/mol. The summed E-state index contributed by atoms with van der Waals surface area (Å²) >= 11 is 0. The number of hydrogen-bond acceptors (Lipinski definition) is 4. The van der Waals surface area contributed by atoms with Crippen molar-refractivity contribution in [1.29, 1.82) is 0 Å². The van der Waals surface area contributed by atoms with Crippen LogP contribution in [0, 0.1) is 6.92 Å². The van der Waals surface area contributed by atoms with Crippen molar-refractivity contribution in [3.05, 3.63) is 47.5 Å². The minimum absolute atomic E-state index is 0.0394. The summed E-state index contributed by atoms with van der Waals surface area (Å²) in [6.07, 6.45) is 0.668. The number of nitrogens with one attached hydrogen (secondary N) is 2. The van der Waals surface area contributed by atoms with Gasteiger partial charge in [-0.05, 0) is 55.7 Å². The largest absolute Gasteiger partial charge is 0.495 e. The molecule has 0 aliphatic carbocycles. The van der Waals surface area contributed by atoms with Crippen LogP contribution in [-0.2, 0) is 16.4 Å². The fourth-order valence-electron chi connectivity index (χ4n) is 3.08. The fraction of sp³-hybridized carbons (Fsp3) is 0.316. The Hall–Kier alpha value is -2.74. The monoisotopic (exact) mass is 389 g/mol. The third-order valence-electron chi connectivity index (χ3n) is 4.50. The third-order valence-corrected chi connectivity index (χ3v) is 6.28. The molecule has 0 fully saturated rings. The second-order valence-corrected chi connectivity index (χ2v) is 8.53. The Labute approximate surface area is 159 Å². The van der Waals surface area contributed by atoms with Crippen molar-refractivity contribution in [3.63, 3.8) is 0 Å². The summed E-state index contributed by atoms with van der Waals surface area (Å²) < 4.78 is 31.2. The van der Waals surface area contributed by atoms with Gasteiger partial charge in [-0.1, -0.05) is 12.1 Å². The molecule has 0 atom stereocenters. The molecule has 3 rings (SSSR count). The van der Waals surface area contributed by atoms with Gasteiger partial charge in [0.15, 0.2) is 0 Å². The number of aryl methyl sites for hydroxylation is 1. The number of urea groups is 1. The lowest BCUT2D eigenvalue weighted by molar-refractivity contribution is 0.262. The lowest BCUT2D eigenvalue weighted by Crippen LogP contribution is -2.30. The Balaban J connectivity index is 1.78. The number of carbonyl (C=O) groups is 1. The zero-order valence-electron chi connectivity index (χ0n) is 15.6. The highest BCUT2D eigenvalue weighted by atomic mass is 32.2. The fourth-order valence-corrected chi connectivity index (χ4v) is 4.23. The van der Waals surface area contributed by atoms with E-state index >= 15 is 0 Å². The van der Waals surface area contributed by atoms with E-state index in [9.17, 15) is 13.2 Å². The number of benzene rings is 2. The number of ether oxygens (including phenoxy) is 1. The highest BCUT2D eigenvalue weighted by molar-refractivity contribution is 7.92. The van der Waals surface area contributed by atoms with Gasteiger partial charge in [-0.3, -0.25) is 4.31 Å². The Morgan fingerprint density at radius 1 is 1.19 bits per heavy atom. The first-order chi connectivity index (χ1) is 12.8. The van der Waals surface area contributed by atoms with Gasteiger partial charge >= 0.3 is 6.03 Å². The maximum Gasteiger partial charge on any atom is 0.323 e. The van der Waals surface area contributed by atoms with Crippen molar-refractivity contribution in [3.8, 4) is 5.75 Å². The molecule has 144 valence electrons. The molecular weight excluding hydrogens is 366 g/mol. The molecule has 0 saturated heterocycles. The van der Waals surface area contributed by atoms with Crippen molar-refractivity contribution >= 4 is 33.1 Å². The number of nitrogens with zero attached hydrogens (tertiary/aromatic N) is 1. The average Bonchev–Trinajstić information content (AvgIpc) is 3.06. The van der Waals surface area contributed by atoms with Gasteiger partial charge in [-0.25, -0.2) is 13.2 Å². The van der Waals surface area contributed by atoms with Crippen molar-refractivity contribution in [2.24, 2.45) is 0 Å². The van der Waals surface area contributed by atoms with Gasteiger partial charge in [0.1, 0.15) is 5.75 Å². The number of amides is 2. The van der Waals surface area contributed by atoms with Gasteiger partial charge < -0.3 is 15.4 Å². The van der Waals surface area contributed by atoms with Crippen LogP contribution in [0.5, 0.6) is 5.75 Å². The summed E-state index contributed by atoms with van der Waals surface area (Å²) in [5.41, 5.74) is 3.66. The van der Waals surface area contributed by atoms with E-state index in [1.807, 2.05) is 25.1 Å². The van der Waals surface area contributed by atoms with Gasteiger partial charge in [0, 0.05) is 12.2 Å². The standard InChI is InChI=1S/C19H23N3O4S/c1-4-27(24,25)22-10-9-14-6-7-15(12-17(14)22)20-19(23)21-16-11-13(2)5-8-18(16)26-3/h5-8,11-12H,4,9-10H2,1-3H3,(H2,20,21,23). The van der Waals surface area contributed by atoms with Crippen molar-refractivity contribution in [2.75, 3.05) is 34.3 Å². The molecule has 1 heterocycles. The molecule has 0 saturated carbocycles. The Kier molecular flexibility index (Phi) is 5.27. The molecule has 1 aliphatic heterocycles. The summed E-state index contributed by atoms with van der Waals surface area (Å²) in [4.78, 5) is 12.4. The van der Waals surface area contributed by atoms with Gasteiger partial charge in [0.05, 0.1) is 24.2 Å². The van der Waals surface area contributed by atoms with Crippen LogP contribution in [-0.4, -0.2) is 33.9 Å². The van der Waals surface area contributed by atoms with E-state index in [4.69, 9.17) is 4.74 Å². The van der Waals surface area contributed by atoms with Gasteiger partial charge in [0.2, 0.25) is 10.0 Å². The van der Waals surface area contributed by atoms with Crippen LogP contribution >= 0.6 is 0 Å². The topological polar surface area (TPSA) is 87.7 Å². The molecule has 27 heavy (non-hydrogen) atoms. The average molecular weight is 389 g/mol. The molecule has 2 amide bonds. The zero-order chi connectivity index (χ0) is 19.6. The van der Waals surface area contributed by atoms with E-state index in [0.717, 1.165) is 11.1 Å². The molecule has 8 heteroatoms. The third kappa shape index (κ3) is 4.00. The van der Waals surface area contributed by atoms with E-state index < -0.39 is 16.1 Å². The van der Waals surface area contributed by atoms with E-state index in [1.54, 1.807) is 25.1 Å². The normalized spacial score (nSPS) is 13.2. The number of sulfonamides is 1. The predicted octanol–water partition coefficient (Wildman–Crippen LogP) is 3.36. The lowest BCUT2D eigenvalue weighted by atomic mass is 10.1. The lowest BCUT2D eigenvalue weighted by Gasteiger charge is -2.19. The van der Waals surface area contributed by atoms with E-state index in [2.05, 4.69) is 10.6 Å². The molecular formula is C19H23N3O4S. The van der Waals surface area contributed by atoms with E-state index in [0.29, 0.717) is 35.8 Å². The van der Waals surface area contributed by atoms with Crippen LogP contribution < -0.4 is 19.7 Å². The van der Waals surface area contributed by atoms with Crippen LogP contribution in [0.25, 0.3) is 0 Å². The molecule has 0 spiro atoms. The SMILES string of the molecule is CCS(=O)(=O)N1CCc2ccc(NC(=O)Nc3cc(C)ccc3OC)cc21. The van der Waals surface area contributed by atoms with Crippen LogP contribution in [0.1, 0.15) is 18.1 Å². The molecule has 2 N–H and O–H groups in total. The molecule has 0 unspecified atom stereocenters. The number of rotatable bonds is 5. The first-order valence-corrected chi connectivity index (χ1v) is 10.3. The van der Waals surface area contributed by atoms with Crippen LogP contribution in [0.4, 0.5) is 21.9 Å². The van der Waals surface area contributed by atoms with Crippen LogP contribution in [0.15, 0.2) is 36.4 Å². The van der Waals surface area contributed by atoms with Gasteiger partial charge in [-0.2, -0.15) is 0 Å². The quantitative estimate of drug-likeness (QED) is 0.821. The second kappa shape index (κ2) is 7.48. The van der Waals surface area contributed by atoms with Crippen molar-refractivity contribution < 1.29 is 17.9 Å². The molecule has 0 radical (unpaired) electrons. The highest BCUT2D eigenvalue weighted by Crippen LogP contribution is 2.33. The minimum Gasteiger partial charge on any atom is -0.495 e. The highest BCUT2D eigenvalue weighted by Gasteiger charge is 2.28. The van der Waals surface area contributed by atoms with Crippen molar-refractivity contribution in [2.45, 2.75) is 20.3 Å². The molecule has 0 aromatic heterocycles. The maximum atomic E-state index is 12.4. The summed E-state index contributed by atoms with van der Waals surface area (Å²) in [5.74, 6) is 0.600. The number of fused-ring (bicyclic) bond motifs is 1. The van der Waals surface area contributed by atoms with Gasteiger partial charge in [-0.15, -0.1) is 0 Å². The Morgan fingerprint density at radius 3 is 2.67 bits per heavy atom. The number of hydrogen-bond donors (Lipinski definition) is 2. The summed E-state index contributed by atoms with van der Waals surface area (Å²) in [6.45, 7) is 3.98. The number of carbonyl (C=O) groups excluding carboxylic acids is 1. The second-order valence-electron chi connectivity index (χ2n) is 6.35. The molecule has 0 bridgehead atoms. The van der Waals surface area contributed by atoms with E-state index in [1.165, 1.54) is 11.4 Å². The number of methoxy groups -OCH3 is 1. The number of anilines is 3. The molecule has 2 aromatic rings. The van der Waals surface area contributed by atoms with Crippen LogP contribution in [0.3, 0.4) is 0 Å². The molecule has 1 aliphatic rings. The summed E-state index contributed by atoms with van der Waals surface area (Å²) in [7, 11) is -1.79. The summed E-state index contributed by atoms with van der Waals surface area (Å²) in [5, 5.41) is 5.52. The Bertz CT molecular complexity index is 973. The first-order valence-electron chi connectivity index (χ1n) is 8.70. The van der Waals surface area contributed by atoms with Crippen molar-refractivity contribution in [1.82, 2.24) is 0 Å². The molecule has 7 nitrogen and oxygen atoms in total. The summed E-state index contributed by atoms with van der Waals surface area (Å²) in [6, 6.07) is 10.4. The zero-order valence-corrected chi connectivity index (χ0v) is 16.4. The molecule has 2 aromatic carbocycles. The Morgan fingerprint density at radius 2 is 1.96 bits per heavy atom. The minimum atomic E-state index is -3.33. The smallest absolute Gasteiger partial charge is 0.323 e. The van der Waals surface area contributed by atoms with E-state index in [-0.39, 0.29) is 5.75 Å². The first kappa shape index (κ1) is 19.0. The van der Waals surface area contributed by atoms with Crippen LogP contribution in [0.2, 0.25) is 0 Å². The van der Waals surface area contributed by atoms with Gasteiger partial charge in [0.25, 0.3) is 0 Å².